The van der Waals surface area contributed by atoms with Crippen molar-refractivity contribution >= 4 is 18.0 Å². The fraction of sp³-hybridized carbons (Fsp3) is 0.158. The molecule has 0 spiro atoms. The molecule has 1 unspecified atom stereocenters. The molecule has 23 heavy (non-hydrogen) atoms. The van der Waals surface area contributed by atoms with E-state index in [0.29, 0.717) is 0 Å². The van der Waals surface area contributed by atoms with Crippen LogP contribution in [0.4, 0.5) is 0 Å². The minimum absolute atomic E-state index is 0.250. The molecule has 0 fully saturated rings. The molecular formula is C19H19NO3. The summed E-state index contributed by atoms with van der Waals surface area (Å²) in [4.78, 5) is 23.2. The molecule has 2 N–H and O–H groups in total. The van der Waals surface area contributed by atoms with E-state index in [1.165, 1.54) is 6.08 Å². The van der Waals surface area contributed by atoms with Crippen LogP contribution in [0.1, 0.15) is 16.7 Å². The number of carbonyl (C=O) groups is 2. The van der Waals surface area contributed by atoms with Crippen molar-refractivity contribution in [2.24, 2.45) is 0 Å². The van der Waals surface area contributed by atoms with Crippen LogP contribution in [-0.2, 0) is 16.0 Å². The van der Waals surface area contributed by atoms with E-state index in [-0.39, 0.29) is 6.42 Å². The zero-order chi connectivity index (χ0) is 16.7. The molecule has 0 aliphatic heterocycles. The molecule has 0 bridgehead atoms. The average Bonchev–Trinajstić information content (AvgIpc) is 2.54. The summed E-state index contributed by atoms with van der Waals surface area (Å²) in [6.45, 7) is 1.99. The molecule has 1 amide bonds. The first kappa shape index (κ1) is 16.5. The Morgan fingerprint density at radius 1 is 1.09 bits per heavy atom. The Hall–Kier alpha value is -2.88. The maximum absolute atomic E-state index is 11.9. The van der Waals surface area contributed by atoms with Crippen LogP contribution in [-0.4, -0.2) is 23.0 Å². The third-order valence-corrected chi connectivity index (χ3v) is 3.40. The van der Waals surface area contributed by atoms with E-state index in [0.717, 1.165) is 16.7 Å². The average molecular weight is 309 g/mol. The number of carbonyl (C=O) groups excluding carboxylic acids is 1. The van der Waals surface area contributed by atoms with Gasteiger partial charge in [-0.3, -0.25) is 4.79 Å². The molecule has 4 heteroatoms. The smallest absolute Gasteiger partial charge is 0.326 e. The molecule has 2 aromatic rings. The third kappa shape index (κ3) is 5.43. The highest BCUT2D eigenvalue weighted by Crippen LogP contribution is 2.06. The number of benzene rings is 2. The first-order valence-electron chi connectivity index (χ1n) is 7.36. The van der Waals surface area contributed by atoms with Crippen molar-refractivity contribution in [2.75, 3.05) is 0 Å². The zero-order valence-electron chi connectivity index (χ0n) is 12.9. The number of hydrogen-bond donors (Lipinski definition) is 2. The third-order valence-electron chi connectivity index (χ3n) is 3.40. The zero-order valence-corrected chi connectivity index (χ0v) is 12.9. The fourth-order valence-corrected chi connectivity index (χ4v) is 2.12. The van der Waals surface area contributed by atoms with Crippen molar-refractivity contribution in [1.82, 2.24) is 5.32 Å². The van der Waals surface area contributed by atoms with Crippen LogP contribution in [0.3, 0.4) is 0 Å². The second-order valence-corrected chi connectivity index (χ2v) is 5.33. The first-order valence-corrected chi connectivity index (χ1v) is 7.36. The van der Waals surface area contributed by atoms with Gasteiger partial charge in [0.25, 0.3) is 0 Å². The number of aryl methyl sites for hydroxylation is 1. The number of carboxylic acids is 1. The quantitative estimate of drug-likeness (QED) is 0.806. The van der Waals surface area contributed by atoms with Gasteiger partial charge < -0.3 is 10.4 Å². The van der Waals surface area contributed by atoms with Crippen LogP contribution < -0.4 is 5.32 Å². The van der Waals surface area contributed by atoms with Crippen LogP contribution in [0.25, 0.3) is 6.08 Å². The molecule has 0 aliphatic carbocycles. The number of nitrogens with one attached hydrogen (secondary N) is 1. The van der Waals surface area contributed by atoms with Gasteiger partial charge in [0.05, 0.1) is 0 Å². The van der Waals surface area contributed by atoms with Crippen LogP contribution >= 0.6 is 0 Å². The van der Waals surface area contributed by atoms with Crippen LogP contribution in [0, 0.1) is 6.92 Å². The molecule has 4 nitrogen and oxygen atoms in total. The van der Waals surface area contributed by atoms with Gasteiger partial charge in [-0.1, -0.05) is 60.2 Å². The van der Waals surface area contributed by atoms with Crippen molar-refractivity contribution in [3.63, 3.8) is 0 Å². The largest absolute Gasteiger partial charge is 0.480 e. The van der Waals surface area contributed by atoms with Gasteiger partial charge in [0.2, 0.25) is 5.91 Å². The highest BCUT2D eigenvalue weighted by atomic mass is 16.4. The van der Waals surface area contributed by atoms with Gasteiger partial charge in [-0.2, -0.15) is 0 Å². The lowest BCUT2D eigenvalue weighted by atomic mass is 10.1. The summed E-state index contributed by atoms with van der Waals surface area (Å²) in [5.41, 5.74) is 2.89. The van der Waals surface area contributed by atoms with E-state index < -0.39 is 17.9 Å². The summed E-state index contributed by atoms with van der Waals surface area (Å²) in [7, 11) is 0. The topological polar surface area (TPSA) is 66.4 Å². The summed E-state index contributed by atoms with van der Waals surface area (Å²) in [6, 6.07) is 16.0. The number of amides is 1. The Labute approximate surface area is 135 Å². The van der Waals surface area contributed by atoms with E-state index >= 15 is 0 Å². The molecule has 0 radical (unpaired) electrons. The molecule has 0 aromatic heterocycles. The van der Waals surface area contributed by atoms with Gasteiger partial charge in [-0.15, -0.1) is 0 Å². The number of carboxylic acid groups (broad SMARTS) is 1. The summed E-state index contributed by atoms with van der Waals surface area (Å²) < 4.78 is 0. The maximum atomic E-state index is 11.9. The van der Waals surface area contributed by atoms with E-state index in [2.05, 4.69) is 5.32 Å². The predicted molar refractivity (Wildman–Crippen MR) is 89.9 cm³/mol. The molecule has 2 rings (SSSR count). The summed E-state index contributed by atoms with van der Waals surface area (Å²) in [5, 5.41) is 11.8. The van der Waals surface area contributed by atoms with Gasteiger partial charge >= 0.3 is 5.97 Å². The Balaban J connectivity index is 1.98. The van der Waals surface area contributed by atoms with Crippen LogP contribution in [0.2, 0.25) is 0 Å². The Morgan fingerprint density at radius 2 is 1.74 bits per heavy atom. The first-order chi connectivity index (χ1) is 11.0. The molecule has 0 saturated carbocycles. The molecule has 0 aliphatic rings. The van der Waals surface area contributed by atoms with Crippen molar-refractivity contribution in [3.05, 3.63) is 77.4 Å². The lowest BCUT2D eigenvalue weighted by Gasteiger charge is -2.13. The van der Waals surface area contributed by atoms with E-state index in [9.17, 15) is 14.7 Å². The van der Waals surface area contributed by atoms with E-state index in [4.69, 9.17) is 0 Å². The van der Waals surface area contributed by atoms with E-state index in [1.807, 2.05) is 61.5 Å². The molecule has 2 aromatic carbocycles. The van der Waals surface area contributed by atoms with Gasteiger partial charge in [0.1, 0.15) is 6.04 Å². The van der Waals surface area contributed by atoms with Crippen molar-refractivity contribution < 1.29 is 14.7 Å². The van der Waals surface area contributed by atoms with Gasteiger partial charge in [0, 0.05) is 12.5 Å². The highest BCUT2D eigenvalue weighted by molar-refractivity contribution is 5.94. The maximum Gasteiger partial charge on any atom is 0.326 e. The fourth-order valence-electron chi connectivity index (χ4n) is 2.12. The van der Waals surface area contributed by atoms with Crippen LogP contribution in [0.15, 0.2) is 60.7 Å². The number of hydrogen-bond acceptors (Lipinski definition) is 2. The SMILES string of the molecule is Cc1ccc(C=CC(=O)NC(Cc2ccccc2)C(=O)O)cc1. The number of rotatable bonds is 6. The summed E-state index contributed by atoms with van der Waals surface area (Å²) >= 11 is 0. The van der Waals surface area contributed by atoms with Gasteiger partial charge in [0.15, 0.2) is 0 Å². The molecule has 0 saturated heterocycles. The molecule has 1 atom stereocenters. The summed E-state index contributed by atoms with van der Waals surface area (Å²) in [5.74, 6) is -1.47. The second-order valence-electron chi connectivity index (χ2n) is 5.33. The summed E-state index contributed by atoms with van der Waals surface area (Å²) in [6.07, 6.45) is 3.27. The standard InChI is InChI=1S/C19H19NO3/c1-14-7-9-15(10-8-14)11-12-18(21)20-17(19(22)23)13-16-5-3-2-4-6-16/h2-12,17H,13H2,1H3,(H,20,21)(H,22,23). The van der Waals surface area contributed by atoms with Gasteiger partial charge in [-0.25, -0.2) is 4.79 Å². The minimum Gasteiger partial charge on any atom is -0.480 e. The van der Waals surface area contributed by atoms with Crippen molar-refractivity contribution in [3.8, 4) is 0 Å². The van der Waals surface area contributed by atoms with E-state index in [1.54, 1.807) is 6.08 Å². The lowest BCUT2D eigenvalue weighted by molar-refractivity contribution is -0.141. The Morgan fingerprint density at radius 3 is 2.35 bits per heavy atom. The minimum atomic E-state index is -1.05. The molecule has 118 valence electrons. The van der Waals surface area contributed by atoms with Crippen LogP contribution in [0.5, 0.6) is 0 Å². The monoisotopic (exact) mass is 309 g/mol. The number of aliphatic carboxylic acids is 1. The molecular weight excluding hydrogens is 290 g/mol. The Kier molecular flexibility index (Phi) is 5.69. The molecule has 0 heterocycles. The lowest BCUT2D eigenvalue weighted by Crippen LogP contribution is -2.41. The van der Waals surface area contributed by atoms with Gasteiger partial charge in [-0.05, 0) is 24.1 Å². The predicted octanol–water partition coefficient (Wildman–Crippen LogP) is 2.82. The Bertz CT molecular complexity index is 690. The highest BCUT2D eigenvalue weighted by Gasteiger charge is 2.19. The normalized spacial score (nSPS) is 12.0. The second kappa shape index (κ2) is 7.94. The van der Waals surface area contributed by atoms with Crippen molar-refractivity contribution in [1.29, 1.82) is 0 Å². The van der Waals surface area contributed by atoms with Crippen molar-refractivity contribution in [2.45, 2.75) is 19.4 Å².